The van der Waals surface area contributed by atoms with Crippen LogP contribution in [0.15, 0.2) is 47.4 Å². The summed E-state index contributed by atoms with van der Waals surface area (Å²) in [5, 5.41) is 12.1. The number of ether oxygens (including phenoxy) is 2. The number of amides is 1. The van der Waals surface area contributed by atoms with Crippen molar-refractivity contribution in [2.45, 2.75) is 24.8 Å². The third kappa shape index (κ3) is 7.06. The highest BCUT2D eigenvalue weighted by molar-refractivity contribution is 7.90. The fourth-order valence-corrected chi connectivity index (χ4v) is 4.35. The van der Waals surface area contributed by atoms with E-state index in [1.165, 1.54) is 12.1 Å². The predicted molar refractivity (Wildman–Crippen MR) is 125 cm³/mol. The van der Waals surface area contributed by atoms with Crippen molar-refractivity contribution in [2.24, 2.45) is 5.92 Å². The van der Waals surface area contributed by atoms with E-state index in [0.29, 0.717) is 30.1 Å². The number of aliphatic hydroxyl groups is 1. The van der Waals surface area contributed by atoms with Gasteiger partial charge in [-0.1, -0.05) is 6.92 Å². The third-order valence-corrected chi connectivity index (χ3v) is 6.38. The van der Waals surface area contributed by atoms with Crippen LogP contribution in [0.2, 0.25) is 0 Å². The lowest BCUT2D eigenvalue weighted by Crippen LogP contribution is -2.13. The van der Waals surface area contributed by atoms with E-state index >= 15 is 0 Å². The van der Waals surface area contributed by atoms with Gasteiger partial charge in [-0.15, -0.1) is 0 Å². The van der Waals surface area contributed by atoms with E-state index in [-0.39, 0.29) is 28.4 Å². The van der Waals surface area contributed by atoms with Gasteiger partial charge in [-0.3, -0.25) is 10.1 Å². The zero-order valence-electron chi connectivity index (χ0n) is 18.4. The molecule has 1 heterocycles. The number of aliphatic hydroxyl groups excluding tert-OH is 1. The Balaban J connectivity index is 1.87. The zero-order chi connectivity index (χ0) is 24.0. The summed E-state index contributed by atoms with van der Waals surface area (Å²) in [5.41, 5.74) is 1.24. The lowest BCUT2D eigenvalue weighted by molar-refractivity contribution is 0.102. The first-order chi connectivity index (χ1) is 15.7. The van der Waals surface area contributed by atoms with Gasteiger partial charge in [-0.25, -0.2) is 13.4 Å². The first-order valence-electron chi connectivity index (χ1n) is 10.0. The third-order valence-electron chi connectivity index (χ3n) is 4.58. The predicted octanol–water partition coefficient (Wildman–Crippen LogP) is 3.30. The summed E-state index contributed by atoms with van der Waals surface area (Å²) in [4.78, 5) is 17.1. The minimum Gasteiger partial charge on any atom is -0.457 e. The molecule has 9 nitrogen and oxygen atoms in total. The van der Waals surface area contributed by atoms with Gasteiger partial charge in [-0.05, 0) is 60.4 Å². The summed E-state index contributed by atoms with van der Waals surface area (Å²) >= 11 is 0.979. The number of nitrogens with one attached hydrogen (secondary N) is 1. The average Bonchev–Trinajstić information content (AvgIpc) is 3.21. The molecular formula is C22H25N3O6S2. The summed E-state index contributed by atoms with van der Waals surface area (Å²) in [5.74, 6) is 0.925. The Kier molecular flexibility index (Phi) is 8.14. The molecule has 0 saturated carbocycles. The van der Waals surface area contributed by atoms with Gasteiger partial charge in [0.25, 0.3) is 5.91 Å². The van der Waals surface area contributed by atoms with Crippen molar-refractivity contribution in [2.75, 3.05) is 25.3 Å². The quantitative estimate of drug-likeness (QED) is 0.442. The van der Waals surface area contributed by atoms with Crippen LogP contribution in [0.5, 0.6) is 11.5 Å². The Bertz CT molecular complexity index is 1210. The number of carbonyl (C=O) groups excluding carboxylic acids is 1. The van der Waals surface area contributed by atoms with Crippen molar-refractivity contribution >= 4 is 32.4 Å². The Labute approximate surface area is 196 Å². The summed E-state index contributed by atoms with van der Waals surface area (Å²) in [6.45, 7) is 2.29. The number of nitrogens with zero attached hydrogens (tertiary/aromatic N) is 2. The van der Waals surface area contributed by atoms with Crippen molar-refractivity contribution in [1.29, 1.82) is 0 Å². The van der Waals surface area contributed by atoms with Crippen LogP contribution in [0.4, 0.5) is 5.13 Å². The maximum absolute atomic E-state index is 12.9. The van der Waals surface area contributed by atoms with E-state index in [2.05, 4.69) is 14.7 Å². The van der Waals surface area contributed by atoms with Gasteiger partial charge in [0.05, 0.1) is 4.90 Å². The summed E-state index contributed by atoms with van der Waals surface area (Å²) in [6, 6.07) is 11.3. The molecule has 3 rings (SSSR count). The maximum Gasteiger partial charge on any atom is 0.257 e. The molecule has 11 heteroatoms. The first kappa shape index (κ1) is 24.8. The van der Waals surface area contributed by atoms with Gasteiger partial charge >= 0.3 is 0 Å². The van der Waals surface area contributed by atoms with E-state index in [9.17, 15) is 13.2 Å². The van der Waals surface area contributed by atoms with E-state index in [1.54, 1.807) is 31.4 Å². The minimum absolute atomic E-state index is 0.191. The van der Waals surface area contributed by atoms with Crippen LogP contribution < -0.4 is 10.1 Å². The van der Waals surface area contributed by atoms with Crippen LogP contribution in [-0.2, 0) is 27.6 Å². The normalized spacial score (nSPS) is 12.4. The molecule has 0 saturated heterocycles. The van der Waals surface area contributed by atoms with Gasteiger partial charge in [0.2, 0.25) is 5.13 Å². The number of aromatic nitrogens is 2. The molecule has 1 unspecified atom stereocenters. The molecule has 1 atom stereocenters. The van der Waals surface area contributed by atoms with Gasteiger partial charge in [0, 0.05) is 37.1 Å². The van der Waals surface area contributed by atoms with Crippen LogP contribution in [0.3, 0.4) is 0 Å². The molecule has 1 aromatic heterocycles. The maximum atomic E-state index is 12.9. The second-order valence-electron chi connectivity index (χ2n) is 7.60. The van der Waals surface area contributed by atoms with Gasteiger partial charge in [-0.2, -0.15) is 4.37 Å². The average molecular weight is 492 g/mol. The Morgan fingerprint density at radius 3 is 2.52 bits per heavy atom. The van der Waals surface area contributed by atoms with Crippen LogP contribution in [0.25, 0.3) is 0 Å². The van der Waals surface area contributed by atoms with E-state index in [1.807, 2.05) is 13.0 Å². The van der Waals surface area contributed by atoms with Crippen LogP contribution >= 0.6 is 11.5 Å². The van der Waals surface area contributed by atoms with E-state index in [4.69, 9.17) is 14.6 Å². The molecule has 2 aromatic carbocycles. The number of carbonyl (C=O) groups is 1. The Morgan fingerprint density at radius 2 is 1.91 bits per heavy atom. The number of benzene rings is 2. The number of methoxy groups -OCH3 is 1. The molecule has 0 aliphatic carbocycles. The molecule has 0 fully saturated rings. The van der Waals surface area contributed by atoms with Gasteiger partial charge in [0.1, 0.15) is 18.1 Å². The standard InChI is InChI=1S/C22H25N3O6S2/c1-14(13-30-2)8-15-9-16(21(27)24-22-23-20(12-26)25-32-22)11-18(10-15)31-17-4-6-19(7-5-17)33(3,28)29/h4-7,9-11,14,26H,8,12-13H2,1-3H3,(H,23,24,25,27). The molecule has 1 amide bonds. The fraction of sp³-hybridized carbons (Fsp3) is 0.318. The fourth-order valence-electron chi connectivity index (χ4n) is 3.14. The van der Waals surface area contributed by atoms with Crippen molar-refractivity contribution in [3.05, 3.63) is 59.4 Å². The largest absolute Gasteiger partial charge is 0.457 e. The highest BCUT2D eigenvalue weighted by Gasteiger charge is 2.15. The lowest BCUT2D eigenvalue weighted by atomic mass is 9.99. The SMILES string of the molecule is COCC(C)Cc1cc(Oc2ccc(S(C)(=O)=O)cc2)cc(C(=O)Nc2nc(CO)ns2)c1. The lowest BCUT2D eigenvalue weighted by Gasteiger charge is -2.14. The van der Waals surface area contributed by atoms with Crippen LogP contribution in [0.1, 0.15) is 28.7 Å². The van der Waals surface area contributed by atoms with Crippen molar-refractivity contribution in [3.63, 3.8) is 0 Å². The summed E-state index contributed by atoms with van der Waals surface area (Å²) in [7, 11) is -1.68. The molecule has 2 N–H and O–H groups in total. The number of hydrogen-bond acceptors (Lipinski definition) is 9. The highest BCUT2D eigenvalue weighted by Crippen LogP contribution is 2.27. The molecule has 0 aliphatic rings. The van der Waals surface area contributed by atoms with Crippen LogP contribution in [0, 0.1) is 5.92 Å². The summed E-state index contributed by atoms with van der Waals surface area (Å²) < 4.78 is 38.4. The zero-order valence-corrected chi connectivity index (χ0v) is 20.1. The molecule has 33 heavy (non-hydrogen) atoms. The van der Waals surface area contributed by atoms with Gasteiger partial charge < -0.3 is 14.6 Å². The topological polar surface area (TPSA) is 128 Å². The summed E-state index contributed by atoms with van der Waals surface area (Å²) in [6.07, 6.45) is 1.80. The van der Waals surface area contributed by atoms with E-state index in [0.717, 1.165) is 23.4 Å². The molecule has 0 radical (unpaired) electrons. The molecule has 176 valence electrons. The van der Waals surface area contributed by atoms with Crippen LogP contribution in [-0.4, -0.2) is 48.8 Å². The van der Waals surface area contributed by atoms with Crippen molar-refractivity contribution in [3.8, 4) is 11.5 Å². The van der Waals surface area contributed by atoms with Crippen molar-refractivity contribution < 1.29 is 27.8 Å². The second kappa shape index (κ2) is 10.8. The van der Waals surface area contributed by atoms with E-state index < -0.39 is 15.7 Å². The second-order valence-corrected chi connectivity index (χ2v) is 10.4. The molecule has 3 aromatic rings. The highest BCUT2D eigenvalue weighted by atomic mass is 32.2. The molecular weight excluding hydrogens is 466 g/mol. The minimum atomic E-state index is -3.31. The van der Waals surface area contributed by atoms with Gasteiger partial charge in [0.15, 0.2) is 15.7 Å². The molecule has 0 bridgehead atoms. The Morgan fingerprint density at radius 1 is 1.18 bits per heavy atom. The monoisotopic (exact) mass is 491 g/mol. The number of rotatable bonds is 10. The van der Waals surface area contributed by atoms with Crippen molar-refractivity contribution in [1.82, 2.24) is 9.36 Å². The first-order valence-corrected chi connectivity index (χ1v) is 12.7. The smallest absolute Gasteiger partial charge is 0.257 e. The number of sulfone groups is 1. The number of anilines is 1. The molecule has 0 spiro atoms. The Hall–Kier alpha value is -2.86. The molecule has 0 aliphatic heterocycles. The number of hydrogen-bond donors (Lipinski definition) is 2.